The van der Waals surface area contributed by atoms with Crippen molar-refractivity contribution in [3.8, 4) is 0 Å². The van der Waals surface area contributed by atoms with E-state index < -0.39 is 27.6 Å². The van der Waals surface area contributed by atoms with Gasteiger partial charge in [-0.1, -0.05) is 29.3 Å². The largest absolute Gasteiger partial charge is 0.389 e. The summed E-state index contributed by atoms with van der Waals surface area (Å²) in [5.74, 6) is 0.111. The lowest BCUT2D eigenvalue weighted by molar-refractivity contribution is 0.0175. The lowest BCUT2D eigenvalue weighted by Gasteiger charge is -2.37. The number of hydrogen-bond acceptors (Lipinski definition) is 8. The number of aromatic nitrogens is 2. The molecule has 0 bridgehead atoms. The lowest BCUT2D eigenvalue weighted by atomic mass is 9.83. The molecule has 0 spiro atoms. The van der Waals surface area contributed by atoms with E-state index in [1.54, 1.807) is 42.1 Å². The molecule has 2 aliphatic rings. The Kier molecular flexibility index (Phi) is 7.47. The average molecular weight is 578 g/mol. The summed E-state index contributed by atoms with van der Waals surface area (Å²) < 4.78 is 43.1. The Hall–Kier alpha value is -2.60. The maximum Gasteiger partial charge on any atom is 0.269 e. The molecule has 8 nitrogen and oxygen atoms in total. The fraction of sp³-hybridized carbons (Fsp3) is 0.385. The summed E-state index contributed by atoms with van der Waals surface area (Å²) in [6.45, 7) is 1.88. The second kappa shape index (κ2) is 10.5. The van der Waals surface area contributed by atoms with Crippen molar-refractivity contribution < 1.29 is 17.9 Å². The van der Waals surface area contributed by atoms with Crippen LogP contribution in [0.3, 0.4) is 0 Å². The van der Waals surface area contributed by atoms with E-state index >= 15 is 0 Å². The fourth-order valence-electron chi connectivity index (χ4n) is 5.07. The van der Waals surface area contributed by atoms with Crippen molar-refractivity contribution in [1.82, 2.24) is 19.6 Å². The number of thioether (sulfide) groups is 1. The molecule has 202 valence electrons. The van der Waals surface area contributed by atoms with Crippen LogP contribution in [0.15, 0.2) is 64.6 Å². The molecule has 1 aliphatic carbocycles. The number of halogens is 2. The van der Waals surface area contributed by atoms with Gasteiger partial charge >= 0.3 is 0 Å². The molecule has 1 fully saturated rings. The van der Waals surface area contributed by atoms with Gasteiger partial charge in [-0.25, -0.2) is 26.8 Å². The first-order chi connectivity index (χ1) is 18.1. The summed E-state index contributed by atoms with van der Waals surface area (Å²) in [4.78, 5) is 8.99. The van der Waals surface area contributed by atoms with E-state index in [0.29, 0.717) is 34.6 Å². The molecule has 3 heterocycles. The number of aryl methyl sites for hydroxylation is 1. The summed E-state index contributed by atoms with van der Waals surface area (Å²) in [6.07, 6.45) is 8.03. The summed E-state index contributed by atoms with van der Waals surface area (Å²) in [6, 6.07) is 8.04. The average Bonchev–Trinajstić information content (AvgIpc) is 3.25. The van der Waals surface area contributed by atoms with Gasteiger partial charge in [0.05, 0.1) is 15.5 Å². The number of pyridine rings is 1. The Bertz CT molecular complexity index is 1520. The third-order valence-electron chi connectivity index (χ3n) is 6.91. The number of benzene rings is 1. The summed E-state index contributed by atoms with van der Waals surface area (Å²) in [7, 11) is -3.98. The van der Waals surface area contributed by atoms with Crippen LogP contribution in [0.5, 0.6) is 0 Å². The molecule has 0 amide bonds. The van der Waals surface area contributed by atoms with Crippen molar-refractivity contribution in [2.45, 2.75) is 55.3 Å². The van der Waals surface area contributed by atoms with E-state index in [2.05, 4.69) is 20.6 Å². The minimum absolute atomic E-state index is 0.0597. The highest BCUT2D eigenvalue weighted by molar-refractivity contribution is 7.98. The highest BCUT2D eigenvalue weighted by Crippen LogP contribution is 2.34. The molecule has 38 heavy (non-hydrogen) atoms. The molecule has 0 saturated heterocycles. The van der Waals surface area contributed by atoms with Crippen LogP contribution in [-0.2, 0) is 10.0 Å². The van der Waals surface area contributed by atoms with Crippen molar-refractivity contribution in [3.63, 3.8) is 0 Å². The van der Waals surface area contributed by atoms with E-state index in [0.717, 1.165) is 22.4 Å². The first kappa shape index (κ1) is 27.0. The van der Waals surface area contributed by atoms with Crippen LogP contribution in [-0.4, -0.2) is 52.0 Å². The molecule has 3 N–H and O–H groups in total. The zero-order valence-electron chi connectivity index (χ0n) is 21.0. The number of fused-ring (bicyclic) bond motifs is 1. The van der Waals surface area contributed by atoms with Gasteiger partial charge in [0.1, 0.15) is 6.17 Å². The minimum atomic E-state index is -3.98. The summed E-state index contributed by atoms with van der Waals surface area (Å²) in [5, 5.41) is 17.8. The molecule has 12 heteroatoms. The van der Waals surface area contributed by atoms with E-state index in [1.807, 2.05) is 13.2 Å². The normalized spacial score (nSPS) is 24.0. The summed E-state index contributed by atoms with van der Waals surface area (Å²) in [5.41, 5.74) is 0.811. The standard InChI is InChI=1S/C26H29ClFN5O3S2/c1-16-5-7-19(8-6-16)38(35,36)33-14-21(20-10-17(27)12-30-25(20)33)23-29-13-22(28)24(32-23)31-18-4-3-9-26(34,11-18)15-37-2/h5-8,10,12-14,18,23,29,34H,3-4,9,11,15H2,1-2H3,(H,31,32)/t18-,23?,26+/m0/s1. The van der Waals surface area contributed by atoms with Crippen LogP contribution in [0.4, 0.5) is 4.39 Å². The first-order valence-corrected chi connectivity index (χ1v) is 15.5. The maximum atomic E-state index is 14.9. The Balaban J connectivity index is 1.51. The van der Waals surface area contributed by atoms with Crippen LogP contribution >= 0.6 is 23.4 Å². The number of nitrogens with one attached hydrogen (secondary N) is 2. The van der Waals surface area contributed by atoms with Crippen LogP contribution in [0.1, 0.15) is 43.0 Å². The van der Waals surface area contributed by atoms with E-state index in [1.165, 1.54) is 18.6 Å². The van der Waals surface area contributed by atoms with Gasteiger partial charge in [0.2, 0.25) is 0 Å². The van der Waals surface area contributed by atoms with Crippen molar-refractivity contribution in [1.29, 1.82) is 0 Å². The Morgan fingerprint density at radius 2 is 2.11 bits per heavy atom. The minimum Gasteiger partial charge on any atom is -0.389 e. The molecule has 0 radical (unpaired) electrons. The predicted octanol–water partition coefficient (Wildman–Crippen LogP) is 4.67. The Labute approximate surface area is 230 Å². The first-order valence-electron chi connectivity index (χ1n) is 12.3. The number of nitrogens with zero attached hydrogens (tertiary/aromatic N) is 3. The molecular weight excluding hydrogens is 549 g/mol. The van der Waals surface area contributed by atoms with Crippen molar-refractivity contribution in [2.24, 2.45) is 4.99 Å². The smallest absolute Gasteiger partial charge is 0.269 e. The highest BCUT2D eigenvalue weighted by atomic mass is 35.5. The molecular formula is C26H29ClFN5O3S2. The predicted molar refractivity (Wildman–Crippen MR) is 150 cm³/mol. The van der Waals surface area contributed by atoms with Gasteiger partial charge in [0.15, 0.2) is 17.3 Å². The monoisotopic (exact) mass is 577 g/mol. The zero-order chi connectivity index (χ0) is 27.1. The van der Waals surface area contributed by atoms with Crippen LogP contribution in [0.25, 0.3) is 11.0 Å². The van der Waals surface area contributed by atoms with Gasteiger partial charge in [-0.3, -0.25) is 0 Å². The van der Waals surface area contributed by atoms with E-state index in [4.69, 9.17) is 11.6 Å². The second-order valence-corrected chi connectivity index (χ2v) is 13.0. The van der Waals surface area contributed by atoms with E-state index in [9.17, 15) is 17.9 Å². The zero-order valence-corrected chi connectivity index (χ0v) is 23.4. The second-order valence-electron chi connectivity index (χ2n) is 9.86. The molecule has 1 aliphatic heterocycles. The topological polar surface area (TPSA) is 109 Å². The van der Waals surface area contributed by atoms with Gasteiger partial charge in [0.25, 0.3) is 10.0 Å². The van der Waals surface area contributed by atoms with Crippen LogP contribution in [0, 0.1) is 6.92 Å². The quantitative estimate of drug-likeness (QED) is 0.390. The van der Waals surface area contributed by atoms with Gasteiger partial charge in [-0.2, -0.15) is 11.8 Å². The van der Waals surface area contributed by atoms with Gasteiger partial charge in [0, 0.05) is 41.3 Å². The fourth-order valence-corrected chi connectivity index (χ4v) is 7.36. The Morgan fingerprint density at radius 1 is 1.34 bits per heavy atom. The maximum absolute atomic E-state index is 14.9. The molecule has 2 aromatic heterocycles. The highest BCUT2D eigenvalue weighted by Gasteiger charge is 2.35. The number of hydrogen-bond donors (Lipinski definition) is 3. The Morgan fingerprint density at radius 3 is 2.84 bits per heavy atom. The molecule has 1 aromatic carbocycles. The number of aliphatic hydroxyl groups is 1. The van der Waals surface area contributed by atoms with Gasteiger partial charge in [-0.15, -0.1) is 0 Å². The van der Waals surface area contributed by atoms with E-state index in [-0.39, 0.29) is 22.4 Å². The van der Waals surface area contributed by atoms with Crippen molar-refractivity contribution in [2.75, 3.05) is 12.0 Å². The van der Waals surface area contributed by atoms with Gasteiger partial charge in [-0.05, 0) is 57.1 Å². The molecule has 5 rings (SSSR count). The third-order valence-corrected chi connectivity index (χ3v) is 9.61. The van der Waals surface area contributed by atoms with Crippen molar-refractivity contribution in [3.05, 3.63) is 70.9 Å². The molecule has 1 saturated carbocycles. The lowest BCUT2D eigenvalue weighted by Crippen LogP contribution is -2.47. The summed E-state index contributed by atoms with van der Waals surface area (Å²) >= 11 is 7.82. The molecule has 1 unspecified atom stereocenters. The number of aliphatic imine (C=N–C) groups is 1. The third kappa shape index (κ3) is 5.29. The van der Waals surface area contributed by atoms with Gasteiger partial charge < -0.3 is 15.7 Å². The molecule has 3 atom stereocenters. The SMILES string of the molecule is CSC[C@@]1(O)CCC[C@H](NC2=NC(c3cn(S(=O)(=O)c4ccc(C)cc4)c4ncc(Cl)cc34)NC=C2F)C1. The number of amidine groups is 1. The molecule has 3 aromatic rings. The van der Waals surface area contributed by atoms with Crippen LogP contribution in [0.2, 0.25) is 5.02 Å². The van der Waals surface area contributed by atoms with Crippen LogP contribution < -0.4 is 10.6 Å². The van der Waals surface area contributed by atoms with Crippen molar-refractivity contribution >= 4 is 50.3 Å². The number of rotatable bonds is 6.